The number of ether oxygens (including phenoxy) is 2. The number of hydrogen-bond acceptors (Lipinski definition) is 4. The summed E-state index contributed by atoms with van der Waals surface area (Å²) in [6.07, 6.45) is -0.406. The first-order valence-corrected chi connectivity index (χ1v) is 6.25. The average molecular weight is 258 g/mol. The molecule has 0 N–H and O–H groups in total. The van der Waals surface area contributed by atoms with Crippen LogP contribution >= 0.6 is 0 Å². The van der Waals surface area contributed by atoms with Crippen molar-refractivity contribution in [2.75, 3.05) is 33.3 Å². The summed E-state index contributed by atoms with van der Waals surface area (Å²) in [4.78, 5) is 26.4. The molecular weight excluding hydrogens is 236 g/mol. The minimum atomic E-state index is -0.472. The van der Waals surface area contributed by atoms with Crippen LogP contribution in [-0.4, -0.2) is 67.3 Å². The van der Waals surface area contributed by atoms with Crippen LogP contribution in [0, 0.1) is 0 Å². The molecular formula is C12H22N2O4. The van der Waals surface area contributed by atoms with Gasteiger partial charge in [0.05, 0.1) is 18.8 Å². The zero-order valence-electron chi connectivity index (χ0n) is 11.5. The number of morpholine rings is 1. The molecule has 0 unspecified atom stereocenters. The van der Waals surface area contributed by atoms with Crippen molar-refractivity contribution < 1.29 is 19.1 Å². The molecule has 0 aromatic heterocycles. The molecule has 1 heterocycles. The molecule has 0 aromatic carbocycles. The number of carbonyl (C=O) groups is 2. The molecule has 0 aromatic rings. The molecule has 104 valence electrons. The van der Waals surface area contributed by atoms with Crippen LogP contribution in [0.25, 0.3) is 0 Å². The molecule has 6 heteroatoms. The van der Waals surface area contributed by atoms with Crippen molar-refractivity contribution in [3.05, 3.63) is 0 Å². The second-order valence-electron chi connectivity index (χ2n) is 4.61. The monoisotopic (exact) mass is 258 g/mol. The van der Waals surface area contributed by atoms with E-state index in [2.05, 4.69) is 0 Å². The van der Waals surface area contributed by atoms with Gasteiger partial charge in [-0.05, 0) is 20.8 Å². The molecule has 2 amide bonds. The highest BCUT2D eigenvalue weighted by molar-refractivity contribution is 5.82. The normalized spacial score (nSPS) is 23.7. The third kappa shape index (κ3) is 4.18. The molecule has 1 fully saturated rings. The van der Waals surface area contributed by atoms with E-state index >= 15 is 0 Å². The van der Waals surface area contributed by atoms with Crippen molar-refractivity contribution >= 4 is 12.0 Å². The smallest absolute Gasteiger partial charge is 0.409 e. The number of likely N-dealkylation sites (N-methyl/N-ethyl adjacent to an activating group) is 1. The molecule has 0 radical (unpaired) electrons. The van der Waals surface area contributed by atoms with Gasteiger partial charge in [0.15, 0.2) is 0 Å². The highest BCUT2D eigenvalue weighted by Gasteiger charge is 2.27. The topological polar surface area (TPSA) is 59.1 Å². The lowest BCUT2D eigenvalue weighted by Gasteiger charge is -2.36. The fourth-order valence-electron chi connectivity index (χ4n) is 1.98. The van der Waals surface area contributed by atoms with Gasteiger partial charge in [0, 0.05) is 20.1 Å². The standard InChI is InChI=1S/C12H22N2O4/c1-5-17-12(16)13(4)8-11(15)14-6-9(2)18-10(3)7-14/h9-10H,5-8H2,1-4H3/t9-,10+. The van der Waals surface area contributed by atoms with E-state index in [9.17, 15) is 9.59 Å². The maximum absolute atomic E-state index is 12.0. The van der Waals surface area contributed by atoms with Gasteiger partial charge in [-0.2, -0.15) is 0 Å². The van der Waals surface area contributed by atoms with Crippen molar-refractivity contribution in [3.8, 4) is 0 Å². The van der Waals surface area contributed by atoms with E-state index in [-0.39, 0.29) is 24.7 Å². The fraction of sp³-hybridized carbons (Fsp3) is 0.833. The van der Waals surface area contributed by atoms with Crippen molar-refractivity contribution in [1.82, 2.24) is 9.80 Å². The third-order valence-electron chi connectivity index (χ3n) is 2.72. The van der Waals surface area contributed by atoms with Gasteiger partial charge in [-0.15, -0.1) is 0 Å². The number of hydrogen-bond donors (Lipinski definition) is 0. The molecule has 0 bridgehead atoms. The lowest BCUT2D eigenvalue weighted by molar-refractivity contribution is -0.143. The number of rotatable bonds is 3. The maximum Gasteiger partial charge on any atom is 0.409 e. The molecule has 1 aliphatic rings. The van der Waals surface area contributed by atoms with Crippen molar-refractivity contribution in [3.63, 3.8) is 0 Å². The summed E-state index contributed by atoms with van der Waals surface area (Å²) in [7, 11) is 1.56. The third-order valence-corrected chi connectivity index (χ3v) is 2.72. The number of amides is 2. The lowest BCUT2D eigenvalue weighted by atomic mass is 10.2. The summed E-state index contributed by atoms with van der Waals surface area (Å²) in [5.41, 5.74) is 0. The Bertz CT molecular complexity index is 298. The Morgan fingerprint density at radius 2 is 1.89 bits per heavy atom. The van der Waals surface area contributed by atoms with Gasteiger partial charge < -0.3 is 19.3 Å². The Morgan fingerprint density at radius 3 is 2.39 bits per heavy atom. The van der Waals surface area contributed by atoms with Crippen LogP contribution in [0.15, 0.2) is 0 Å². The Morgan fingerprint density at radius 1 is 1.33 bits per heavy atom. The first kappa shape index (κ1) is 14.8. The van der Waals surface area contributed by atoms with E-state index in [0.717, 1.165) is 0 Å². The largest absolute Gasteiger partial charge is 0.450 e. The van der Waals surface area contributed by atoms with Crippen LogP contribution in [-0.2, 0) is 14.3 Å². The summed E-state index contributed by atoms with van der Waals surface area (Å²) >= 11 is 0. The van der Waals surface area contributed by atoms with Crippen molar-refractivity contribution in [1.29, 1.82) is 0 Å². The minimum Gasteiger partial charge on any atom is -0.450 e. The summed E-state index contributed by atoms with van der Waals surface area (Å²) in [6, 6.07) is 0. The quantitative estimate of drug-likeness (QED) is 0.748. The van der Waals surface area contributed by atoms with E-state index in [0.29, 0.717) is 19.7 Å². The summed E-state index contributed by atoms with van der Waals surface area (Å²) in [6.45, 7) is 7.09. The van der Waals surface area contributed by atoms with Crippen molar-refractivity contribution in [2.45, 2.75) is 33.0 Å². The Hall–Kier alpha value is -1.30. The molecule has 2 atom stereocenters. The van der Waals surface area contributed by atoms with E-state index < -0.39 is 6.09 Å². The van der Waals surface area contributed by atoms with Gasteiger partial charge in [0.25, 0.3) is 0 Å². The van der Waals surface area contributed by atoms with Gasteiger partial charge in [0.2, 0.25) is 5.91 Å². The maximum atomic E-state index is 12.0. The Balaban J connectivity index is 2.47. The minimum absolute atomic E-state index is 0.0330. The fourth-order valence-corrected chi connectivity index (χ4v) is 1.98. The first-order chi connectivity index (χ1) is 8.43. The van der Waals surface area contributed by atoms with Gasteiger partial charge in [-0.25, -0.2) is 4.79 Å². The second-order valence-corrected chi connectivity index (χ2v) is 4.61. The van der Waals surface area contributed by atoms with Crippen LogP contribution in [0.4, 0.5) is 4.79 Å². The van der Waals surface area contributed by atoms with E-state index in [1.54, 1.807) is 18.9 Å². The first-order valence-electron chi connectivity index (χ1n) is 6.25. The van der Waals surface area contributed by atoms with E-state index in [4.69, 9.17) is 9.47 Å². The van der Waals surface area contributed by atoms with Gasteiger partial charge in [-0.1, -0.05) is 0 Å². The van der Waals surface area contributed by atoms with Crippen LogP contribution in [0.3, 0.4) is 0 Å². The van der Waals surface area contributed by atoms with Gasteiger partial charge in [-0.3, -0.25) is 4.79 Å². The SMILES string of the molecule is CCOC(=O)N(C)CC(=O)N1C[C@@H](C)O[C@@H](C)C1. The highest BCUT2D eigenvalue weighted by atomic mass is 16.6. The second kappa shape index (κ2) is 6.58. The summed E-state index contributed by atoms with van der Waals surface area (Å²) in [5.74, 6) is -0.0763. The predicted molar refractivity (Wildman–Crippen MR) is 66.2 cm³/mol. The number of carbonyl (C=O) groups excluding carboxylic acids is 2. The number of nitrogens with zero attached hydrogens (tertiary/aromatic N) is 2. The van der Waals surface area contributed by atoms with Crippen LogP contribution in [0.2, 0.25) is 0 Å². The molecule has 1 saturated heterocycles. The van der Waals surface area contributed by atoms with Gasteiger partial charge >= 0.3 is 6.09 Å². The van der Waals surface area contributed by atoms with E-state index in [1.165, 1.54) is 4.90 Å². The predicted octanol–water partition coefficient (Wildman–Crippen LogP) is 0.711. The summed E-state index contributed by atoms with van der Waals surface area (Å²) < 4.78 is 10.4. The van der Waals surface area contributed by atoms with Crippen LogP contribution < -0.4 is 0 Å². The van der Waals surface area contributed by atoms with E-state index in [1.807, 2.05) is 13.8 Å². The van der Waals surface area contributed by atoms with Crippen LogP contribution in [0.5, 0.6) is 0 Å². The molecule has 6 nitrogen and oxygen atoms in total. The van der Waals surface area contributed by atoms with Crippen molar-refractivity contribution in [2.24, 2.45) is 0 Å². The average Bonchev–Trinajstić information content (AvgIpc) is 2.27. The molecule has 0 spiro atoms. The lowest BCUT2D eigenvalue weighted by Crippen LogP contribution is -2.51. The Labute approximate surface area is 108 Å². The van der Waals surface area contributed by atoms with Crippen LogP contribution in [0.1, 0.15) is 20.8 Å². The highest BCUT2D eigenvalue weighted by Crippen LogP contribution is 2.11. The zero-order chi connectivity index (χ0) is 13.7. The molecule has 1 aliphatic heterocycles. The summed E-state index contributed by atoms with van der Waals surface area (Å²) in [5, 5.41) is 0. The zero-order valence-corrected chi connectivity index (χ0v) is 11.5. The van der Waals surface area contributed by atoms with Gasteiger partial charge in [0.1, 0.15) is 6.54 Å². The molecule has 1 rings (SSSR count). The molecule has 0 saturated carbocycles. The Kier molecular flexibility index (Phi) is 5.40. The molecule has 18 heavy (non-hydrogen) atoms. The molecule has 0 aliphatic carbocycles.